The van der Waals surface area contributed by atoms with Crippen molar-refractivity contribution in [2.75, 3.05) is 11.9 Å². The molecule has 0 radical (unpaired) electrons. The van der Waals surface area contributed by atoms with E-state index in [9.17, 15) is 9.18 Å². The standard InChI is InChI=1S/C25H34FNO/c1-5-11-20(21-12-8-7-9-13-21)14-10-15-25(4,18-28)23-16-22(26)17-24(19(23)3)27-6-2/h7-9,12-13,16-18,20,27H,5-6,10-11,14-15H2,1-4H3. The topological polar surface area (TPSA) is 29.1 Å². The lowest BCUT2D eigenvalue weighted by Gasteiger charge is -2.28. The van der Waals surface area contributed by atoms with Crippen molar-refractivity contribution in [2.24, 2.45) is 0 Å². The summed E-state index contributed by atoms with van der Waals surface area (Å²) in [6, 6.07) is 13.7. The van der Waals surface area contributed by atoms with Crippen LogP contribution in [0.1, 0.15) is 75.5 Å². The van der Waals surface area contributed by atoms with Gasteiger partial charge in [0.05, 0.1) is 0 Å². The molecule has 2 nitrogen and oxygen atoms in total. The fourth-order valence-corrected chi connectivity index (χ4v) is 4.17. The van der Waals surface area contributed by atoms with Gasteiger partial charge >= 0.3 is 0 Å². The van der Waals surface area contributed by atoms with Gasteiger partial charge in [-0.25, -0.2) is 4.39 Å². The molecule has 0 aliphatic rings. The van der Waals surface area contributed by atoms with Crippen LogP contribution in [0.5, 0.6) is 0 Å². The van der Waals surface area contributed by atoms with Gasteiger partial charge in [0.1, 0.15) is 12.1 Å². The summed E-state index contributed by atoms with van der Waals surface area (Å²) in [6.07, 6.45) is 5.98. The summed E-state index contributed by atoms with van der Waals surface area (Å²) >= 11 is 0. The third-order valence-corrected chi connectivity index (χ3v) is 5.77. The average Bonchev–Trinajstić information content (AvgIpc) is 2.70. The number of carbonyl (C=O) groups excluding carboxylic acids is 1. The first-order valence-corrected chi connectivity index (χ1v) is 10.5. The first-order chi connectivity index (χ1) is 13.4. The van der Waals surface area contributed by atoms with Crippen LogP contribution in [0.15, 0.2) is 42.5 Å². The van der Waals surface area contributed by atoms with Gasteiger partial charge in [0.25, 0.3) is 0 Å². The minimum atomic E-state index is -0.677. The Morgan fingerprint density at radius 1 is 1.14 bits per heavy atom. The van der Waals surface area contributed by atoms with Crippen LogP contribution in [0.25, 0.3) is 0 Å². The minimum absolute atomic E-state index is 0.294. The Morgan fingerprint density at radius 3 is 2.46 bits per heavy atom. The van der Waals surface area contributed by atoms with Crippen LogP contribution in [0.4, 0.5) is 10.1 Å². The van der Waals surface area contributed by atoms with Crippen LogP contribution in [0.2, 0.25) is 0 Å². The van der Waals surface area contributed by atoms with Crippen LogP contribution < -0.4 is 5.32 Å². The Hall–Kier alpha value is -2.16. The second kappa shape index (κ2) is 10.4. The number of aldehydes is 1. The average molecular weight is 384 g/mol. The summed E-state index contributed by atoms with van der Waals surface area (Å²) in [6.45, 7) is 8.83. The van der Waals surface area contributed by atoms with Gasteiger partial charge in [-0.15, -0.1) is 0 Å². The quantitative estimate of drug-likeness (QED) is 0.433. The van der Waals surface area contributed by atoms with Gasteiger partial charge in [0, 0.05) is 17.6 Å². The minimum Gasteiger partial charge on any atom is -0.385 e. The number of hydrogen-bond donors (Lipinski definition) is 1. The number of benzene rings is 2. The van der Waals surface area contributed by atoms with E-state index in [1.54, 1.807) is 0 Å². The lowest BCUT2D eigenvalue weighted by molar-refractivity contribution is -0.112. The lowest BCUT2D eigenvalue weighted by Crippen LogP contribution is -2.26. The largest absolute Gasteiger partial charge is 0.385 e. The normalized spacial score (nSPS) is 14.3. The fourth-order valence-electron chi connectivity index (χ4n) is 4.17. The lowest BCUT2D eigenvalue weighted by atomic mass is 9.76. The van der Waals surface area contributed by atoms with Crippen molar-refractivity contribution in [2.45, 2.75) is 71.1 Å². The molecule has 0 saturated heterocycles. The van der Waals surface area contributed by atoms with Gasteiger partial charge in [-0.1, -0.05) is 50.1 Å². The Morgan fingerprint density at radius 2 is 1.86 bits per heavy atom. The molecule has 152 valence electrons. The van der Waals surface area contributed by atoms with E-state index in [-0.39, 0.29) is 5.82 Å². The van der Waals surface area contributed by atoms with Gasteiger partial charge in [0.2, 0.25) is 0 Å². The molecule has 0 spiro atoms. The van der Waals surface area contributed by atoms with Crippen LogP contribution in [0.3, 0.4) is 0 Å². The highest BCUT2D eigenvalue weighted by molar-refractivity contribution is 5.71. The van der Waals surface area contributed by atoms with E-state index in [0.29, 0.717) is 5.92 Å². The Labute approximate surface area is 169 Å². The maximum atomic E-state index is 14.2. The first kappa shape index (κ1) is 22.1. The zero-order chi connectivity index (χ0) is 20.6. The van der Waals surface area contributed by atoms with Crippen LogP contribution in [0, 0.1) is 12.7 Å². The number of hydrogen-bond acceptors (Lipinski definition) is 2. The number of anilines is 1. The first-order valence-electron chi connectivity index (χ1n) is 10.5. The smallest absolute Gasteiger partial charge is 0.130 e. The van der Waals surface area contributed by atoms with E-state index < -0.39 is 5.41 Å². The number of carbonyl (C=O) groups is 1. The summed E-state index contributed by atoms with van der Waals surface area (Å²) in [5.41, 5.74) is 3.23. The monoisotopic (exact) mass is 383 g/mol. The second-order valence-corrected chi connectivity index (χ2v) is 7.98. The molecule has 3 heteroatoms. The molecule has 0 heterocycles. The molecule has 0 aliphatic heterocycles. The number of halogens is 1. The third kappa shape index (κ3) is 5.43. The second-order valence-electron chi connectivity index (χ2n) is 7.98. The number of nitrogens with one attached hydrogen (secondary N) is 1. The third-order valence-electron chi connectivity index (χ3n) is 5.77. The van der Waals surface area contributed by atoms with E-state index in [0.717, 1.165) is 61.7 Å². The zero-order valence-electron chi connectivity index (χ0n) is 17.7. The molecule has 2 aromatic carbocycles. The van der Waals surface area contributed by atoms with Crippen LogP contribution in [-0.2, 0) is 10.2 Å². The molecule has 0 fully saturated rings. The highest BCUT2D eigenvalue weighted by Crippen LogP contribution is 2.36. The maximum absolute atomic E-state index is 14.2. The van der Waals surface area contributed by atoms with Crippen molar-refractivity contribution in [3.8, 4) is 0 Å². The molecular formula is C25H34FNO. The molecule has 2 atom stereocenters. The van der Waals surface area contributed by atoms with Crippen molar-refractivity contribution in [3.05, 3.63) is 65.0 Å². The SMILES string of the molecule is CCCC(CCCC(C)(C=O)c1cc(F)cc(NCC)c1C)c1ccccc1. The van der Waals surface area contributed by atoms with Crippen molar-refractivity contribution < 1.29 is 9.18 Å². The van der Waals surface area contributed by atoms with Crippen LogP contribution >= 0.6 is 0 Å². The van der Waals surface area contributed by atoms with Gasteiger partial charge in [-0.2, -0.15) is 0 Å². The summed E-state index contributed by atoms with van der Waals surface area (Å²) in [5, 5.41) is 3.21. The van der Waals surface area contributed by atoms with E-state index in [1.165, 1.54) is 17.7 Å². The summed E-state index contributed by atoms with van der Waals surface area (Å²) in [7, 11) is 0. The predicted molar refractivity (Wildman–Crippen MR) is 117 cm³/mol. The van der Waals surface area contributed by atoms with Gasteiger partial charge in [-0.3, -0.25) is 0 Å². The van der Waals surface area contributed by atoms with E-state index >= 15 is 0 Å². The molecule has 0 aliphatic carbocycles. The van der Waals surface area contributed by atoms with Crippen molar-refractivity contribution in [3.63, 3.8) is 0 Å². The van der Waals surface area contributed by atoms with Gasteiger partial charge in [0.15, 0.2) is 0 Å². The molecular weight excluding hydrogens is 349 g/mol. The Bertz CT molecular complexity index is 759. The van der Waals surface area contributed by atoms with E-state index in [4.69, 9.17) is 0 Å². The summed E-state index contributed by atoms with van der Waals surface area (Å²) < 4.78 is 14.2. The predicted octanol–water partition coefficient (Wildman–Crippen LogP) is 6.78. The Balaban J connectivity index is 2.17. The highest BCUT2D eigenvalue weighted by Gasteiger charge is 2.29. The molecule has 2 aromatic rings. The van der Waals surface area contributed by atoms with Crippen LogP contribution in [-0.4, -0.2) is 12.8 Å². The van der Waals surface area contributed by atoms with Crippen molar-refractivity contribution in [1.29, 1.82) is 0 Å². The van der Waals surface area contributed by atoms with E-state index in [2.05, 4.69) is 36.5 Å². The molecule has 2 rings (SSSR count). The molecule has 28 heavy (non-hydrogen) atoms. The summed E-state index contributed by atoms with van der Waals surface area (Å²) in [5.74, 6) is 0.214. The molecule has 2 unspecified atom stereocenters. The summed E-state index contributed by atoms with van der Waals surface area (Å²) in [4.78, 5) is 12.1. The van der Waals surface area contributed by atoms with Crippen molar-refractivity contribution in [1.82, 2.24) is 0 Å². The van der Waals surface area contributed by atoms with Gasteiger partial charge in [-0.05, 0) is 74.8 Å². The molecule has 0 aromatic heterocycles. The molecule has 0 saturated carbocycles. The highest BCUT2D eigenvalue weighted by atomic mass is 19.1. The molecule has 1 N–H and O–H groups in total. The molecule has 0 bridgehead atoms. The van der Waals surface area contributed by atoms with Gasteiger partial charge < -0.3 is 10.1 Å². The maximum Gasteiger partial charge on any atom is 0.130 e. The molecule has 0 amide bonds. The zero-order valence-corrected chi connectivity index (χ0v) is 17.7. The fraction of sp³-hybridized carbons (Fsp3) is 0.480. The van der Waals surface area contributed by atoms with E-state index in [1.807, 2.05) is 26.8 Å². The van der Waals surface area contributed by atoms with Crippen molar-refractivity contribution >= 4 is 12.0 Å². The Kier molecular flexibility index (Phi) is 8.22. The number of rotatable bonds is 11.